The summed E-state index contributed by atoms with van der Waals surface area (Å²) >= 11 is 0. The first kappa shape index (κ1) is 16.1. The van der Waals surface area contributed by atoms with Crippen molar-refractivity contribution in [3.05, 3.63) is 12.2 Å². The average Bonchev–Trinajstić information content (AvgIpc) is 3.17. The molecule has 2 saturated carbocycles. The maximum absolute atomic E-state index is 11.7. The van der Waals surface area contributed by atoms with Gasteiger partial charge in [-0.3, -0.25) is 0 Å². The van der Waals surface area contributed by atoms with Crippen molar-refractivity contribution in [3.8, 4) is 0 Å². The number of rotatable bonds is 6. The monoisotopic (exact) mass is 294 g/mol. The van der Waals surface area contributed by atoms with Crippen molar-refractivity contribution in [3.63, 3.8) is 0 Å². The van der Waals surface area contributed by atoms with Gasteiger partial charge in [-0.05, 0) is 49.9 Å². The van der Waals surface area contributed by atoms with Crippen LogP contribution in [0.15, 0.2) is 12.2 Å². The Balaban J connectivity index is 1.82. The Hall–Kier alpha value is -1.32. The predicted molar refractivity (Wildman–Crippen MR) is 79.7 cm³/mol. The lowest BCUT2D eigenvalue weighted by Gasteiger charge is -2.34. The van der Waals surface area contributed by atoms with E-state index in [1.54, 1.807) is 0 Å². The van der Waals surface area contributed by atoms with Gasteiger partial charge in [0.2, 0.25) is 0 Å². The third kappa shape index (κ3) is 4.58. The summed E-state index contributed by atoms with van der Waals surface area (Å²) in [5.74, 6) is 0.397. The number of carboxylic acids is 1. The molecule has 0 saturated heterocycles. The Morgan fingerprint density at radius 1 is 1.19 bits per heavy atom. The molecule has 0 radical (unpaired) electrons. The molecule has 0 aliphatic heterocycles. The standard InChI is InChI=1S/C17H26O4/c1-12(2)11-13-3-5-14(6-4-13)17(9-10-17)21-16(20)8-7-15(18)19/h7-8,12-14H,3-6,9-11H2,1-2H3,(H,18,19)/b8-7+. The second kappa shape index (κ2) is 6.63. The molecule has 2 rings (SSSR count). The fourth-order valence-corrected chi connectivity index (χ4v) is 3.68. The zero-order valence-corrected chi connectivity index (χ0v) is 13.0. The molecule has 0 heterocycles. The average molecular weight is 294 g/mol. The predicted octanol–water partition coefficient (Wildman–Crippen LogP) is 3.56. The zero-order valence-electron chi connectivity index (χ0n) is 13.0. The van der Waals surface area contributed by atoms with Crippen molar-refractivity contribution in [1.82, 2.24) is 0 Å². The fourth-order valence-electron chi connectivity index (χ4n) is 3.68. The van der Waals surface area contributed by atoms with Gasteiger partial charge in [-0.1, -0.05) is 26.7 Å². The molecule has 2 aliphatic rings. The van der Waals surface area contributed by atoms with Crippen molar-refractivity contribution in [2.75, 3.05) is 0 Å². The van der Waals surface area contributed by atoms with Crippen LogP contribution in [0, 0.1) is 17.8 Å². The maximum Gasteiger partial charge on any atom is 0.331 e. The number of hydrogen-bond donors (Lipinski definition) is 1. The minimum atomic E-state index is -1.12. The van der Waals surface area contributed by atoms with Crippen molar-refractivity contribution in [1.29, 1.82) is 0 Å². The van der Waals surface area contributed by atoms with Crippen LogP contribution in [0.3, 0.4) is 0 Å². The summed E-state index contributed by atoms with van der Waals surface area (Å²) in [4.78, 5) is 22.1. The number of hydrogen-bond acceptors (Lipinski definition) is 3. The summed E-state index contributed by atoms with van der Waals surface area (Å²) < 4.78 is 5.57. The first-order valence-corrected chi connectivity index (χ1v) is 8.05. The van der Waals surface area contributed by atoms with E-state index in [2.05, 4.69) is 13.8 Å². The van der Waals surface area contributed by atoms with Crippen LogP contribution in [0.1, 0.15) is 58.8 Å². The van der Waals surface area contributed by atoms with Gasteiger partial charge in [0.1, 0.15) is 5.60 Å². The molecule has 0 atom stereocenters. The molecular weight excluding hydrogens is 268 g/mol. The molecule has 2 aliphatic carbocycles. The van der Waals surface area contributed by atoms with Gasteiger partial charge >= 0.3 is 11.9 Å². The minimum absolute atomic E-state index is 0.289. The van der Waals surface area contributed by atoms with Crippen molar-refractivity contribution >= 4 is 11.9 Å². The molecule has 0 bridgehead atoms. The molecule has 0 spiro atoms. The highest BCUT2D eigenvalue weighted by Crippen LogP contribution is 2.52. The van der Waals surface area contributed by atoms with E-state index in [9.17, 15) is 9.59 Å². The second-order valence-corrected chi connectivity index (χ2v) is 7.00. The summed E-state index contributed by atoms with van der Waals surface area (Å²) in [5.41, 5.74) is -0.289. The topological polar surface area (TPSA) is 63.6 Å². The van der Waals surface area contributed by atoms with Gasteiger partial charge in [-0.25, -0.2) is 9.59 Å². The van der Waals surface area contributed by atoms with Gasteiger partial charge < -0.3 is 9.84 Å². The van der Waals surface area contributed by atoms with E-state index in [1.807, 2.05) is 0 Å². The van der Waals surface area contributed by atoms with Crippen molar-refractivity contribution < 1.29 is 19.4 Å². The Labute approximate surface area is 126 Å². The molecule has 4 nitrogen and oxygen atoms in total. The third-order valence-corrected chi connectivity index (χ3v) is 4.80. The molecule has 2 fully saturated rings. The van der Waals surface area contributed by atoms with Gasteiger partial charge in [0.25, 0.3) is 0 Å². The van der Waals surface area contributed by atoms with Crippen LogP contribution < -0.4 is 0 Å². The van der Waals surface area contributed by atoms with Crippen LogP contribution in [0.25, 0.3) is 0 Å². The fraction of sp³-hybridized carbons (Fsp3) is 0.765. The highest BCUT2D eigenvalue weighted by atomic mass is 16.6. The van der Waals surface area contributed by atoms with Crippen molar-refractivity contribution in [2.24, 2.45) is 17.8 Å². The van der Waals surface area contributed by atoms with E-state index < -0.39 is 11.9 Å². The molecule has 0 aromatic heterocycles. The van der Waals surface area contributed by atoms with Gasteiger partial charge in [0.05, 0.1) is 0 Å². The summed E-state index contributed by atoms with van der Waals surface area (Å²) in [6.07, 6.45) is 9.74. The second-order valence-electron chi connectivity index (χ2n) is 7.00. The Morgan fingerprint density at radius 3 is 2.29 bits per heavy atom. The van der Waals surface area contributed by atoms with Crippen LogP contribution in [-0.2, 0) is 14.3 Å². The molecule has 0 aromatic rings. The molecule has 1 N–H and O–H groups in total. The maximum atomic E-state index is 11.7. The molecule has 21 heavy (non-hydrogen) atoms. The van der Waals surface area contributed by atoms with E-state index in [1.165, 1.54) is 19.3 Å². The highest BCUT2D eigenvalue weighted by Gasteiger charge is 2.53. The SMILES string of the molecule is CC(C)CC1CCC(C2(OC(=O)/C=C/C(=O)O)CC2)CC1. The van der Waals surface area contributed by atoms with E-state index in [0.717, 1.165) is 49.7 Å². The Morgan fingerprint density at radius 2 is 1.81 bits per heavy atom. The van der Waals surface area contributed by atoms with E-state index >= 15 is 0 Å². The first-order chi connectivity index (χ1) is 9.91. The summed E-state index contributed by atoms with van der Waals surface area (Å²) in [7, 11) is 0. The number of carbonyl (C=O) groups excluding carboxylic acids is 1. The zero-order chi connectivity index (χ0) is 15.5. The molecule has 0 aromatic carbocycles. The molecule has 0 amide bonds. The number of carboxylic acid groups (broad SMARTS) is 1. The largest absolute Gasteiger partial charge is 0.478 e. The van der Waals surface area contributed by atoms with Gasteiger partial charge in [-0.2, -0.15) is 0 Å². The third-order valence-electron chi connectivity index (χ3n) is 4.80. The Kier molecular flexibility index (Phi) is 5.07. The first-order valence-electron chi connectivity index (χ1n) is 8.05. The van der Waals surface area contributed by atoms with Gasteiger partial charge in [0, 0.05) is 12.2 Å². The smallest absolute Gasteiger partial charge is 0.331 e. The van der Waals surface area contributed by atoms with E-state index in [0.29, 0.717) is 5.92 Å². The molecule has 118 valence electrons. The summed E-state index contributed by atoms with van der Waals surface area (Å²) in [5, 5.41) is 8.53. The number of aliphatic carboxylic acids is 1. The Bertz CT molecular complexity index is 413. The normalized spacial score (nSPS) is 27.8. The minimum Gasteiger partial charge on any atom is -0.478 e. The molecule has 4 heteroatoms. The molecule has 0 unspecified atom stereocenters. The van der Waals surface area contributed by atoms with Crippen LogP contribution in [-0.4, -0.2) is 22.6 Å². The van der Waals surface area contributed by atoms with Crippen LogP contribution >= 0.6 is 0 Å². The summed E-state index contributed by atoms with van der Waals surface area (Å²) in [6, 6.07) is 0. The van der Waals surface area contributed by atoms with Crippen LogP contribution in [0.2, 0.25) is 0 Å². The molecular formula is C17H26O4. The highest BCUT2D eigenvalue weighted by molar-refractivity contribution is 5.91. The van der Waals surface area contributed by atoms with E-state index in [4.69, 9.17) is 9.84 Å². The number of ether oxygens (including phenoxy) is 1. The van der Waals surface area contributed by atoms with Crippen LogP contribution in [0.4, 0.5) is 0 Å². The lowest BCUT2D eigenvalue weighted by atomic mass is 9.75. The lowest BCUT2D eigenvalue weighted by Crippen LogP contribution is -2.32. The van der Waals surface area contributed by atoms with Gasteiger partial charge in [-0.15, -0.1) is 0 Å². The van der Waals surface area contributed by atoms with Gasteiger partial charge in [0.15, 0.2) is 0 Å². The van der Waals surface area contributed by atoms with Crippen molar-refractivity contribution in [2.45, 2.75) is 64.4 Å². The van der Waals surface area contributed by atoms with E-state index in [-0.39, 0.29) is 5.60 Å². The van der Waals surface area contributed by atoms with Crippen LogP contribution in [0.5, 0.6) is 0 Å². The number of carbonyl (C=O) groups is 2. The number of esters is 1. The quantitative estimate of drug-likeness (QED) is 0.601. The lowest BCUT2D eigenvalue weighted by molar-refractivity contribution is -0.150. The summed E-state index contributed by atoms with van der Waals surface area (Å²) in [6.45, 7) is 4.54.